The molecule has 4 aromatic rings. The molecule has 0 spiro atoms. The van der Waals surface area contributed by atoms with E-state index >= 15 is 0 Å². The van der Waals surface area contributed by atoms with E-state index in [1.807, 2.05) is 18.2 Å². The number of allylic oxidation sites excluding steroid dienone is 4. The lowest BCUT2D eigenvalue weighted by Gasteiger charge is -2.14. The van der Waals surface area contributed by atoms with Crippen molar-refractivity contribution in [1.29, 1.82) is 0 Å². The first-order chi connectivity index (χ1) is 13.7. The Labute approximate surface area is 163 Å². The number of primary amides is 1. The molecule has 3 aromatic carbocycles. The molecule has 1 aromatic heterocycles. The zero-order chi connectivity index (χ0) is 19.1. The van der Waals surface area contributed by atoms with Crippen molar-refractivity contribution in [2.75, 3.05) is 0 Å². The van der Waals surface area contributed by atoms with E-state index in [1.165, 1.54) is 21.7 Å². The van der Waals surface area contributed by atoms with Gasteiger partial charge in [-0.25, -0.2) is 0 Å². The zero-order valence-electron chi connectivity index (χ0n) is 15.4. The Morgan fingerprint density at radius 3 is 2.61 bits per heavy atom. The maximum Gasteiger partial charge on any atom is 0.248 e. The van der Waals surface area contributed by atoms with E-state index in [0.29, 0.717) is 5.56 Å². The highest BCUT2D eigenvalue weighted by Gasteiger charge is 2.16. The lowest BCUT2D eigenvalue weighted by atomic mass is 10.0. The van der Waals surface area contributed by atoms with E-state index in [2.05, 4.69) is 65.3 Å². The molecule has 0 unspecified atom stereocenters. The van der Waals surface area contributed by atoms with Gasteiger partial charge in [-0.2, -0.15) is 0 Å². The number of benzene rings is 3. The van der Waals surface area contributed by atoms with Crippen LogP contribution in [0.2, 0.25) is 0 Å². The first-order valence-corrected chi connectivity index (χ1v) is 9.53. The maximum atomic E-state index is 11.7. The van der Waals surface area contributed by atoms with E-state index in [1.54, 1.807) is 6.07 Å². The Hall–Kier alpha value is -3.59. The summed E-state index contributed by atoms with van der Waals surface area (Å²) in [6.07, 6.45) is 8.80. The average molecular weight is 364 g/mol. The van der Waals surface area contributed by atoms with Crippen LogP contribution in [0.1, 0.15) is 28.9 Å². The predicted octanol–water partition coefficient (Wildman–Crippen LogP) is 5.62. The number of carbonyl (C=O) groups excluding carboxylic acids is 1. The van der Waals surface area contributed by atoms with E-state index in [-0.39, 0.29) is 0 Å². The molecule has 28 heavy (non-hydrogen) atoms. The van der Waals surface area contributed by atoms with Gasteiger partial charge in [0.25, 0.3) is 0 Å². The third kappa shape index (κ3) is 2.64. The smallest absolute Gasteiger partial charge is 0.248 e. The number of carbonyl (C=O) groups is 1. The highest BCUT2D eigenvalue weighted by Crippen LogP contribution is 2.35. The highest BCUT2D eigenvalue weighted by molar-refractivity contribution is 6.09. The molecular weight excluding hydrogens is 344 g/mol. The molecule has 0 radical (unpaired) electrons. The van der Waals surface area contributed by atoms with Crippen LogP contribution in [-0.2, 0) is 0 Å². The van der Waals surface area contributed by atoms with E-state index in [4.69, 9.17) is 5.73 Å². The van der Waals surface area contributed by atoms with Crippen LogP contribution in [0, 0.1) is 0 Å². The summed E-state index contributed by atoms with van der Waals surface area (Å²) in [5, 5.41) is 3.65. The normalized spacial score (nSPS) is 13.8. The molecule has 3 nitrogen and oxygen atoms in total. The van der Waals surface area contributed by atoms with Gasteiger partial charge in [0.1, 0.15) is 0 Å². The molecule has 0 bridgehead atoms. The van der Waals surface area contributed by atoms with Crippen LogP contribution in [0.3, 0.4) is 0 Å². The predicted molar refractivity (Wildman–Crippen MR) is 116 cm³/mol. The summed E-state index contributed by atoms with van der Waals surface area (Å²) >= 11 is 0. The number of aromatic nitrogens is 1. The summed E-state index contributed by atoms with van der Waals surface area (Å²) in [5.41, 5.74) is 10.4. The van der Waals surface area contributed by atoms with Gasteiger partial charge in [-0.15, -0.1) is 0 Å². The number of hydrogen-bond donors (Lipinski definition) is 1. The summed E-state index contributed by atoms with van der Waals surface area (Å²) in [7, 11) is 0. The van der Waals surface area contributed by atoms with Crippen molar-refractivity contribution < 1.29 is 4.79 Å². The Kier molecular flexibility index (Phi) is 3.87. The molecule has 1 aliphatic rings. The molecule has 1 aliphatic carbocycles. The van der Waals surface area contributed by atoms with E-state index in [9.17, 15) is 4.79 Å². The topological polar surface area (TPSA) is 48.0 Å². The summed E-state index contributed by atoms with van der Waals surface area (Å²) in [4.78, 5) is 11.7. The highest BCUT2D eigenvalue weighted by atomic mass is 16.1. The fourth-order valence-electron chi connectivity index (χ4n) is 4.05. The van der Waals surface area contributed by atoms with Gasteiger partial charge in [0.2, 0.25) is 5.91 Å². The molecule has 1 heterocycles. The molecular formula is C25H20N2O. The molecule has 136 valence electrons. The van der Waals surface area contributed by atoms with Gasteiger partial charge in [0.05, 0.1) is 11.2 Å². The third-order valence-electron chi connectivity index (χ3n) is 5.39. The molecule has 0 saturated heterocycles. The maximum absolute atomic E-state index is 11.7. The minimum atomic E-state index is -0.415. The standard InChI is InChI=1S/C25H20N2O/c26-25(28)19-10-6-11-20(15-19)27-23-14-13-17-7-4-5-12-21(17)22(23)16-24(27)18-8-2-1-3-9-18/h2,4-16H,1,3H2,(H2,26,28). The minimum Gasteiger partial charge on any atom is -0.366 e. The molecule has 3 heteroatoms. The fourth-order valence-corrected chi connectivity index (χ4v) is 4.05. The quantitative estimate of drug-likeness (QED) is 0.504. The second-order valence-corrected chi connectivity index (χ2v) is 7.14. The summed E-state index contributed by atoms with van der Waals surface area (Å²) in [5.74, 6) is -0.415. The number of hydrogen-bond acceptors (Lipinski definition) is 1. The van der Waals surface area contributed by atoms with Crippen LogP contribution in [0.25, 0.3) is 32.9 Å². The van der Waals surface area contributed by atoms with Gasteiger partial charge in [0.15, 0.2) is 0 Å². The van der Waals surface area contributed by atoms with Crippen LogP contribution in [0.15, 0.2) is 85.0 Å². The van der Waals surface area contributed by atoms with E-state index < -0.39 is 5.91 Å². The first kappa shape index (κ1) is 16.6. The lowest BCUT2D eigenvalue weighted by Crippen LogP contribution is -2.11. The van der Waals surface area contributed by atoms with Crippen LogP contribution in [-0.4, -0.2) is 10.5 Å². The van der Waals surface area contributed by atoms with Gasteiger partial charge in [-0.1, -0.05) is 54.6 Å². The molecule has 5 rings (SSSR count). The summed E-state index contributed by atoms with van der Waals surface area (Å²) < 4.78 is 2.23. The summed E-state index contributed by atoms with van der Waals surface area (Å²) in [6, 6.07) is 22.5. The summed E-state index contributed by atoms with van der Waals surface area (Å²) in [6.45, 7) is 0. The van der Waals surface area contributed by atoms with Gasteiger partial charge in [-0.05, 0) is 59.5 Å². The second kappa shape index (κ2) is 6.54. The largest absolute Gasteiger partial charge is 0.366 e. The van der Waals surface area contributed by atoms with Crippen molar-refractivity contribution in [1.82, 2.24) is 4.57 Å². The van der Waals surface area contributed by atoms with Gasteiger partial charge in [0, 0.05) is 16.6 Å². The van der Waals surface area contributed by atoms with Crippen LogP contribution >= 0.6 is 0 Å². The van der Waals surface area contributed by atoms with Crippen LogP contribution < -0.4 is 5.73 Å². The molecule has 0 fully saturated rings. The Morgan fingerprint density at radius 1 is 0.893 bits per heavy atom. The van der Waals surface area contributed by atoms with Gasteiger partial charge >= 0.3 is 0 Å². The Morgan fingerprint density at radius 2 is 1.79 bits per heavy atom. The Balaban J connectivity index is 1.86. The number of amides is 1. The molecule has 2 N–H and O–H groups in total. The van der Waals surface area contributed by atoms with Crippen molar-refractivity contribution in [2.24, 2.45) is 5.73 Å². The molecule has 1 amide bonds. The monoisotopic (exact) mass is 364 g/mol. The molecule has 0 saturated carbocycles. The molecule has 0 aliphatic heterocycles. The fraction of sp³-hybridized carbons (Fsp3) is 0.0800. The molecule has 0 atom stereocenters. The third-order valence-corrected chi connectivity index (χ3v) is 5.39. The first-order valence-electron chi connectivity index (χ1n) is 9.53. The van der Waals surface area contributed by atoms with Crippen LogP contribution in [0.4, 0.5) is 0 Å². The van der Waals surface area contributed by atoms with Crippen molar-refractivity contribution >= 4 is 33.2 Å². The van der Waals surface area contributed by atoms with Crippen molar-refractivity contribution in [3.8, 4) is 5.69 Å². The van der Waals surface area contributed by atoms with Crippen molar-refractivity contribution in [3.05, 3.63) is 96.2 Å². The number of nitrogens with two attached hydrogens (primary N) is 1. The van der Waals surface area contributed by atoms with Crippen molar-refractivity contribution in [2.45, 2.75) is 12.8 Å². The number of nitrogens with zero attached hydrogens (tertiary/aromatic N) is 1. The minimum absolute atomic E-state index is 0.415. The lowest BCUT2D eigenvalue weighted by molar-refractivity contribution is 0.100. The zero-order valence-corrected chi connectivity index (χ0v) is 15.4. The van der Waals surface area contributed by atoms with Gasteiger partial charge < -0.3 is 10.3 Å². The number of fused-ring (bicyclic) bond motifs is 3. The second-order valence-electron chi connectivity index (χ2n) is 7.14. The van der Waals surface area contributed by atoms with Crippen molar-refractivity contribution in [3.63, 3.8) is 0 Å². The number of rotatable bonds is 3. The van der Waals surface area contributed by atoms with Crippen LogP contribution in [0.5, 0.6) is 0 Å². The average Bonchev–Trinajstić information content (AvgIpc) is 3.14. The Bertz CT molecular complexity index is 1290. The van der Waals surface area contributed by atoms with Gasteiger partial charge in [-0.3, -0.25) is 4.79 Å². The SMILES string of the molecule is NC(=O)c1cccc(-n2c(C3=CCCC=C3)cc3c4ccccc4ccc32)c1. The van der Waals surface area contributed by atoms with E-state index in [0.717, 1.165) is 29.7 Å².